The Balaban J connectivity index is 4.84. The largest absolute Gasteiger partial charge is 0.329 e. The van der Waals surface area contributed by atoms with Gasteiger partial charge in [-0.25, -0.2) is 0 Å². The maximum absolute atomic E-state index is 6.15. The molecule has 0 heterocycles. The van der Waals surface area contributed by atoms with E-state index in [-0.39, 0.29) is 0 Å². The first-order chi connectivity index (χ1) is 17.7. The molecule has 0 aliphatic carbocycles. The second-order valence-electron chi connectivity index (χ2n) is 12.1. The predicted molar refractivity (Wildman–Crippen MR) is 166 cm³/mol. The Labute approximate surface area is 230 Å². The number of nitrogens with zero attached hydrogens (tertiary/aromatic N) is 1. The summed E-state index contributed by atoms with van der Waals surface area (Å²) in [5.41, 5.74) is 6.15. The molecule has 0 aromatic heterocycles. The molecule has 0 aromatic carbocycles. The third-order valence-corrected chi connectivity index (χ3v) is 8.34. The Hall–Kier alpha value is -0.0800. The van der Waals surface area contributed by atoms with Gasteiger partial charge in [-0.15, -0.1) is 0 Å². The van der Waals surface area contributed by atoms with Crippen LogP contribution in [0.1, 0.15) is 182 Å². The first kappa shape index (κ1) is 35.9. The van der Waals surface area contributed by atoms with Crippen molar-refractivity contribution in [3.63, 3.8) is 0 Å². The van der Waals surface area contributed by atoms with Crippen LogP contribution in [0.4, 0.5) is 0 Å². The molecule has 0 bridgehead atoms. The fourth-order valence-corrected chi connectivity index (χ4v) is 5.97. The number of nitrogens with two attached hydrogens (primary N) is 1. The molecule has 0 aliphatic rings. The summed E-state index contributed by atoms with van der Waals surface area (Å²) in [6.07, 6.45) is 34.1. The maximum atomic E-state index is 6.15. The van der Waals surface area contributed by atoms with Crippen LogP contribution in [0, 0.1) is 11.8 Å². The van der Waals surface area contributed by atoms with Crippen molar-refractivity contribution in [1.29, 1.82) is 0 Å². The lowest BCUT2D eigenvalue weighted by Crippen LogP contribution is -2.37. The van der Waals surface area contributed by atoms with Gasteiger partial charge in [0.1, 0.15) is 0 Å². The van der Waals surface area contributed by atoms with Crippen LogP contribution in [0.5, 0.6) is 0 Å². The molecule has 0 rings (SSSR count). The molecule has 0 amide bonds. The lowest BCUT2D eigenvalue weighted by atomic mass is 9.91. The average Bonchev–Trinajstić information content (AvgIpc) is 2.88. The van der Waals surface area contributed by atoms with Crippen LogP contribution in [0.2, 0.25) is 0 Å². The van der Waals surface area contributed by atoms with E-state index in [4.69, 9.17) is 5.73 Å². The number of rotatable bonds is 30. The summed E-state index contributed by atoms with van der Waals surface area (Å²) >= 11 is 0. The van der Waals surface area contributed by atoms with E-state index >= 15 is 0 Å². The minimum Gasteiger partial charge on any atom is -0.329 e. The highest BCUT2D eigenvalue weighted by Gasteiger charge is 2.18. The van der Waals surface area contributed by atoms with Gasteiger partial charge in [0.05, 0.1) is 0 Å². The van der Waals surface area contributed by atoms with Gasteiger partial charge in [-0.05, 0) is 37.5 Å². The number of hydrogen-bond donors (Lipinski definition) is 1. The SMILES string of the molecule is CCCCCCCCC(CCCCCC)CN(CCN)CC(CCCCCC)CCCCCCCC. The smallest absolute Gasteiger partial charge is 0.0105 e. The van der Waals surface area contributed by atoms with Crippen molar-refractivity contribution in [2.45, 2.75) is 182 Å². The fourth-order valence-electron chi connectivity index (χ4n) is 5.97. The van der Waals surface area contributed by atoms with Gasteiger partial charge >= 0.3 is 0 Å². The second-order valence-corrected chi connectivity index (χ2v) is 12.1. The lowest BCUT2D eigenvalue weighted by Gasteiger charge is -2.31. The van der Waals surface area contributed by atoms with E-state index in [0.29, 0.717) is 0 Å². The van der Waals surface area contributed by atoms with Crippen molar-refractivity contribution in [1.82, 2.24) is 4.90 Å². The van der Waals surface area contributed by atoms with Gasteiger partial charge in [0.2, 0.25) is 0 Å². The van der Waals surface area contributed by atoms with Gasteiger partial charge in [0.15, 0.2) is 0 Å². The van der Waals surface area contributed by atoms with Gasteiger partial charge in [-0.2, -0.15) is 0 Å². The minimum absolute atomic E-state index is 0.819. The van der Waals surface area contributed by atoms with Crippen LogP contribution in [0.15, 0.2) is 0 Å². The highest BCUT2D eigenvalue weighted by atomic mass is 15.1. The van der Waals surface area contributed by atoms with E-state index < -0.39 is 0 Å². The van der Waals surface area contributed by atoms with Crippen molar-refractivity contribution in [2.75, 3.05) is 26.2 Å². The molecule has 2 nitrogen and oxygen atoms in total. The van der Waals surface area contributed by atoms with Crippen LogP contribution < -0.4 is 5.73 Å². The van der Waals surface area contributed by atoms with Gasteiger partial charge in [0.25, 0.3) is 0 Å². The Morgan fingerprint density at radius 3 is 1.00 bits per heavy atom. The van der Waals surface area contributed by atoms with Crippen LogP contribution in [-0.4, -0.2) is 31.1 Å². The van der Waals surface area contributed by atoms with E-state index in [1.807, 2.05) is 0 Å². The molecule has 2 N–H and O–H groups in total. The van der Waals surface area contributed by atoms with E-state index in [1.54, 1.807) is 0 Å². The molecular formula is C34H72N2. The summed E-state index contributed by atoms with van der Waals surface area (Å²) in [7, 11) is 0. The zero-order chi connectivity index (χ0) is 26.5. The van der Waals surface area contributed by atoms with Crippen molar-refractivity contribution in [3.05, 3.63) is 0 Å². The minimum atomic E-state index is 0.819. The zero-order valence-electron chi connectivity index (χ0n) is 26.0. The molecule has 0 saturated carbocycles. The number of unbranched alkanes of at least 4 members (excludes halogenated alkanes) is 16. The van der Waals surface area contributed by atoms with E-state index in [1.165, 1.54) is 167 Å². The van der Waals surface area contributed by atoms with Crippen LogP contribution in [0.25, 0.3) is 0 Å². The molecule has 2 unspecified atom stereocenters. The molecule has 2 atom stereocenters. The maximum Gasteiger partial charge on any atom is 0.0105 e. The molecular weight excluding hydrogens is 436 g/mol. The van der Waals surface area contributed by atoms with Gasteiger partial charge in [-0.3, -0.25) is 0 Å². The van der Waals surface area contributed by atoms with E-state index in [2.05, 4.69) is 32.6 Å². The third-order valence-electron chi connectivity index (χ3n) is 8.34. The van der Waals surface area contributed by atoms with E-state index in [9.17, 15) is 0 Å². The molecule has 218 valence electrons. The third kappa shape index (κ3) is 24.3. The number of hydrogen-bond acceptors (Lipinski definition) is 2. The summed E-state index contributed by atoms with van der Waals surface area (Å²) in [5, 5.41) is 0. The highest BCUT2D eigenvalue weighted by molar-refractivity contribution is 4.72. The predicted octanol–water partition coefficient (Wildman–Crippen LogP) is 10.9. The molecule has 36 heavy (non-hydrogen) atoms. The Morgan fingerprint density at radius 2 is 0.694 bits per heavy atom. The highest BCUT2D eigenvalue weighted by Crippen LogP contribution is 2.24. The Morgan fingerprint density at radius 1 is 0.417 bits per heavy atom. The van der Waals surface area contributed by atoms with Crippen LogP contribution in [0.3, 0.4) is 0 Å². The molecule has 0 aliphatic heterocycles. The monoisotopic (exact) mass is 509 g/mol. The van der Waals surface area contributed by atoms with Crippen molar-refractivity contribution >= 4 is 0 Å². The van der Waals surface area contributed by atoms with Gasteiger partial charge in [0, 0.05) is 26.2 Å². The summed E-state index contributed by atoms with van der Waals surface area (Å²) in [6, 6.07) is 0. The second kappa shape index (κ2) is 29.5. The van der Waals surface area contributed by atoms with Crippen molar-refractivity contribution < 1.29 is 0 Å². The first-order valence-corrected chi connectivity index (χ1v) is 17.1. The summed E-state index contributed by atoms with van der Waals surface area (Å²) in [6.45, 7) is 13.8. The zero-order valence-corrected chi connectivity index (χ0v) is 26.0. The lowest BCUT2D eigenvalue weighted by molar-refractivity contribution is 0.177. The quantitative estimate of drug-likeness (QED) is 0.0977. The summed E-state index contributed by atoms with van der Waals surface area (Å²) < 4.78 is 0. The van der Waals surface area contributed by atoms with Crippen LogP contribution >= 0.6 is 0 Å². The Bertz CT molecular complexity index is 363. The van der Waals surface area contributed by atoms with Crippen molar-refractivity contribution in [2.24, 2.45) is 17.6 Å². The fraction of sp³-hybridized carbons (Fsp3) is 1.00. The van der Waals surface area contributed by atoms with Gasteiger partial charge < -0.3 is 10.6 Å². The first-order valence-electron chi connectivity index (χ1n) is 17.1. The average molecular weight is 509 g/mol. The van der Waals surface area contributed by atoms with E-state index in [0.717, 1.165) is 24.9 Å². The molecule has 0 spiro atoms. The van der Waals surface area contributed by atoms with Crippen LogP contribution in [-0.2, 0) is 0 Å². The summed E-state index contributed by atoms with van der Waals surface area (Å²) in [4.78, 5) is 2.81. The van der Waals surface area contributed by atoms with Gasteiger partial charge in [-0.1, -0.05) is 156 Å². The molecule has 0 aromatic rings. The standard InChI is InChI=1S/C34H72N2/c1-5-9-13-17-19-23-27-33(25-21-15-11-7-3)31-36(30-29-35)32-34(26-22-16-12-8-4)28-24-20-18-14-10-6-2/h33-34H,5-32,35H2,1-4H3. The normalized spacial score (nSPS) is 13.5. The Kier molecular flexibility index (Phi) is 29.4. The topological polar surface area (TPSA) is 29.3 Å². The molecule has 2 heteroatoms. The molecule has 0 radical (unpaired) electrons. The summed E-state index contributed by atoms with van der Waals surface area (Å²) in [5.74, 6) is 1.77. The molecule has 0 saturated heterocycles. The molecule has 0 fully saturated rings. The van der Waals surface area contributed by atoms with Crippen molar-refractivity contribution in [3.8, 4) is 0 Å².